The van der Waals surface area contributed by atoms with Crippen LogP contribution < -0.4 is 5.32 Å². The van der Waals surface area contributed by atoms with Gasteiger partial charge in [0.05, 0.1) is 6.04 Å². The molecule has 2 aromatic rings. The number of aromatic hydroxyl groups is 1. The Kier molecular flexibility index (Phi) is 3.24. The number of benzene rings is 2. The molecular formula is C19H18ClNO. The van der Waals surface area contributed by atoms with Crippen molar-refractivity contribution in [3.8, 4) is 5.75 Å². The second-order valence-corrected chi connectivity index (χ2v) is 6.60. The van der Waals surface area contributed by atoms with Crippen LogP contribution in [0.15, 0.2) is 42.0 Å². The summed E-state index contributed by atoms with van der Waals surface area (Å²) in [5.74, 6) is 0.357. The summed E-state index contributed by atoms with van der Waals surface area (Å²) in [6.07, 6.45) is 2.04. The van der Waals surface area contributed by atoms with Gasteiger partial charge < -0.3 is 10.4 Å². The minimum Gasteiger partial charge on any atom is -0.508 e. The van der Waals surface area contributed by atoms with Crippen molar-refractivity contribution in [1.29, 1.82) is 0 Å². The standard InChI is InChI=1S/C19H18ClNO/c1-11-8-13(3-5-18(11)22)19-17-9-12-2-4-14(20)10-16(12)15(17)6-7-21-19/h2-5,8,10,19,21-22H,6-7,9H2,1H3. The van der Waals surface area contributed by atoms with E-state index in [-0.39, 0.29) is 6.04 Å². The first-order valence-electron chi connectivity index (χ1n) is 7.67. The van der Waals surface area contributed by atoms with Gasteiger partial charge in [-0.25, -0.2) is 0 Å². The van der Waals surface area contributed by atoms with Gasteiger partial charge in [0.25, 0.3) is 0 Å². The Labute approximate surface area is 135 Å². The van der Waals surface area contributed by atoms with Gasteiger partial charge in [-0.3, -0.25) is 0 Å². The van der Waals surface area contributed by atoms with E-state index in [1.807, 2.05) is 19.1 Å². The summed E-state index contributed by atoms with van der Waals surface area (Å²) >= 11 is 6.18. The van der Waals surface area contributed by atoms with Crippen LogP contribution in [0.2, 0.25) is 5.02 Å². The molecule has 2 aliphatic rings. The van der Waals surface area contributed by atoms with E-state index in [0.29, 0.717) is 5.75 Å². The first-order valence-corrected chi connectivity index (χ1v) is 8.05. The monoisotopic (exact) mass is 311 g/mol. The molecule has 0 aromatic heterocycles. The van der Waals surface area contributed by atoms with Crippen molar-refractivity contribution in [2.24, 2.45) is 0 Å². The highest BCUT2D eigenvalue weighted by molar-refractivity contribution is 6.30. The smallest absolute Gasteiger partial charge is 0.118 e. The molecule has 112 valence electrons. The van der Waals surface area contributed by atoms with Crippen LogP contribution >= 0.6 is 11.6 Å². The van der Waals surface area contributed by atoms with Crippen LogP contribution in [0.1, 0.15) is 34.7 Å². The number of phenolic OH excluding ortho intramolecular Hbond substituents is 1. The van der Waals surface area contributed by atoms with Crippen molar-refractivity contribution in [3.63, 3.8) is 0 Å². The van der Waals surface area contributed by atoms with Gasteiger partial charge in [0.2, 0.25) is 0 Å². The summed E-state index contributed by atoms with van der Waals surface area (Å²) in [7, 11) is 0. The highest BCUT2D eigenvalue weighted by Gasteiger charge is 2.30. The molecular weight excluding hydrogens is 294 g/mol. The first kappa shape index (κ1) is 13.9. The molecule has 0 amide bonds. The molecule has 1 aliphatic carbocycles. The van der Waals surface area contributed by atoms with E-state index in [1.54, 1.807) is 6.07 Å². The average molecular weight is 312 g/mol. The summed E-state index contributed by atoms with van der Waals surface area (Å²) in [6.45, 7) is 2.91. The maximum atomic E-state index is 9.75. The number of phenols is 1. The fourth-order valence-electron chi connectivity index (χ4n) is 3.68. The summed E-state index contributed by atoms with van der Waals surface area (Å²) < 4.78 is 0. The van der Waals surface area contributed by atoms with Crippen LogP contribution in [0.5, 0.6) is 5.75 Å². The van der Waals surface area contributed by atoms with Crippen LogP contribution in [0.4, 0.5) is 0 Å². The molecule has 0 bridgehead atoms. The minimum absolute atomic E-state index is 0.231. The maximum absolute atomic E-state index is 9.75. The third-order valence-electron chi connectivity index (χ3n) is 4.79. The molecule has 1 atom stereocenters. The van der Waals surface area contributed by atoms with Crippen LogP contribution in [0.25, 0.3) is 5.57 Å². The normalized spacial score (nSPS) is 20.0. The average Bonchev–Trinajstić information content (AvgIpc) is 2.88. The number of hydrogen-bond acceptors (Lipinski definition) is 2. The fraction of sp³-hybridized carbons (Fsp3) is 0.263. The van der Waals surface area contributed by atoms with Gasteiger partial charge in [0.1, 0.15) is 5.75 Å². The maximum Gasteiger partial charge on any atom is 0.118 e. The van der Waals surface area contributed by atoms with E-state index in [2.05, 4.69) is 23.5 Å². The van der Waals surface area contributed by atoms with E-state index in [0.717, 1.165) is 30.0 Å². The Morgan fingerprint density at radius 2 is 2.05 bits per heavy atom. The van der Waals surface area contributed by atoms with Gasteiger partial charge in [-0.1, -0.05) is 29.8 Å². The fourth-order valence-corrected chi connectivity index (χ4v) is 3.85. The predicted octanol–water partition coefficient (Wildman–Crippen LogP) is 4.40. The second kappa shape index (κ2) is 5.15. The van der Waals surface area contributed by atoms with Crippen molar-refractivity contribution in [2.75, 3.05) is 6.54 Å². The molecule has 22 heavy (non-hydrogen) atoms. The Morgan fingerprint density at radius 3 is 2.86 bits per heavy atom. The van der Waals surface area contributed by atoms with Gasteiger partial charge >= 0.3 is 0 Å². The molecule has 1 aliphatic heterocycles. The zero-order chi connectivity index (χ0) is 15.3. The number of halogens is 1. The summed E-state index contributed by atoms with van der Waals surface area (Å²) in [5.41, 5.74) is 7.75. The lowest BCUT2D eigenvalue weighted by molar-refractivity contribution is 0.470. The van der Waals surface area contributed by atoms with Crippen molar-refractivity contribution in [3.05, 3.63) is 69.2 Å². The van der Waals surface area contributed by atoms with Crippen molar-refractivity contribution < 1.29 is 5.11 Å². The largest absolute Gasteiger partial charge is 0.508 e. The number of rotatable bonds is 1. The third kappa shape index (κ3) is 2.15. The third-order valence-corrected chi connectivity index (χ3v) is 5.03. The van der Waals surface area contributed by atoms with Crippen molar-refractivity contribution in [1.82, 2.24) is 5.32 Å². The number of aryl methyl sites for hydroxylation is 1. The van der Waals surface area contributed by atoms with Gasteiger partial charge in [0.15, 0.2) is 0 Å². The van der Waals surface area contributed by atoms with Gasteiger partial charge in [-0.15, -0.1) is 0 Å². The molecule has 0 saturated carbocycles. The van der Waals surface area contributed by atoms with Crippen LogP contribution in [0.3, 0.4) is 0 Å². The quantitative estimate of drug-likeness (QED) is 0.818. The molecule has 1 unspecified atom stereocenters. The Hall–Kier alpha value is -1.77. The predicted molar refractivity (Wildman–Crippen MR) is 90.3 cm³/mol. The highest BCUT2D eigenvalue weighted by atomic mass is 35.5. The molecule has 0 radical (unpaired) electrons. The van der Waals surface area contributed by atoms with E-state index in [1.165, 1.54) is 27.8 Å². The Morgan fingerprint density at radius 1 is 1.18 bits per heavy atom. The Bertz CT molecular complexity index is 794. The molecule has 4 rings (SSSR count). The Balaban J connectivity index is 1.79. The first-order chi connectivity index (χ1) is 10.6. The van der Waals surface area contributed by atoms with E-state index < -0.39 is 0 Å². The molecule has 2 N–H and O–H groups in total. The zero-order valence-corrected chi connectivity index (χ0v) is 13.2. The number of fused-ring (bicyclic) bond motifs is 2. The van der Waals surface area contributed by atoms with Crippen LogP contribution in [-0.4, -0.2) is 11.7 Å². The molecule has 1 heterocycles. The molecule has 0 spiro atoms. The molecule has 0 saturated heterocycles. The summed E-state index contributed by atoms with van der Waals surface area (Å²) in [4.78, 5) is 0. The van der Waals surface area contributed by atoms with E-state index >= 15 is 0 Å². The second-order valence-electron chi connectivity index (χ2n) is 6.17. The molecule has 3 heteroatoms. The van der Waals surface area contributed by atoms with E-state index in [4.69, 9.17) is 11.6 Å². The molecule has 2 aromatic carbocycles. The SMILES string of the molecule is Cc1cc(C2NCCC3=C2Cc2ccc(Cl)cc23)ccc1O. The van der Waals surface area contributed by atoms with Gasteiger partial charge in [-0.05, 0) is 71.4 Å². The topological polar surface area (TPSA) is 32.3 Å². The van der Waals surface area contributed by atoms with Crippen LogP contribution in [-0.2, 0) is 6.42 Å². The van der Waals surface area contributed by atoms with Crippen molar-refractivity contribution >= 4 is 17.2 Å². The summed E-state index contributed by atoms with van der Waals surface area (Å²) in [5, 5.41) is 14.2. The van der Waals surface area contributed by atoms with Crippen LogP contribution in [0, 0.1) is 6.92 Å². The van der Waals surface area contributed by atoms with Crippen molar-refractivity contribution in [2.45, 2.75) is 25.8 Å². The summed E-state index contributed by atoms with van der Waals surface area (Å²) in [6, 6.07) is 12.4. The minimum atomic E-state index is 0.231. The lowest BCUT2D eigenvalue weighted by atomic mass is 9.89. The zero-order valence-electron chi connectivity index (χ0n) is 12.5. The van der Waals surface area contributed by atoms with Gasteiger partial charge in [-0.2, -0.15) is 0 Å². The van der Waals surface area contributed by atoms with Gasteiger partial charge in [0, 0.05) is 11.6 Å². The molecule has 2 nitrogen and oxygen atoms in total. The number of nitrogens with one attached hydrogen (secondary N) is 1. The lowest BCUT2D eigenvalue weighted by Gasteiger charge is -2.27. The lowest BCUT2D eigenvalue weighted by Crippen LogP contribution is -2.28. The highest BCUT2D eigenvalue weighted by Crippen LogP contribution is 2.44. The van der Waals surface area contributed by atoms with E-state index in [9.17, 15) is 5.11 Å². The number of hydrogen-bond donors (Lipinski definition) is 2. The molecule has 0 fully saturated rings.